The van der Waals surface area contributed by atoms with Crippen LogP contribution in [-0.2, 0) is 6.54 Å². The van der Waals surface area contributed by atoms with Crippen molar-refractivity contribution in [3.05, 3.63) is 59.5 Å². The Morgan fingerprint density at radius 3 is 2.55 bits per heavy atom. The van der Waals surface area contributed by atoms with Crippen LogP contribution < -0.4 is 5.32 Å². The van der Waals surface area contributed by atoms with Crippen LogP contribution in [-0.4, -0.2) is 6.04 Å². The van der Waals surface area contributed by atoms with Gasteiger partial charge in [0.15, 0.2) is 0 Å². The van der Waals surface area contributed by atoms with Gasteiger partial charge >= 0.3 is 0 Å². The fourth-order valence-electron chi connectivity index (χ4n) is 2.28. The lowest BCUT2D eigenvalue weighted by molar-refractivity contribution is 0.593. The molecule has 0 bridgehead atoms. The molecule has 102 valence electrons. The standard InChI is InChI=1S/C18H19NS/c1-13(2)19-12-17-9-10-18(20-17)16-8-7-14-5-3-4-6-15(14)11-16/h3-11,13,19H,12H2,1-2H3. The topological polar surface area (TPSA) is 12.0 Å². The minimum absolute atomic E-state index is 0.529. The van der Waals surface area contributed by atoms with E-state index >= 15 is 0 Å². The van der Waals surface area contributed by atoms with Crippen LogP contribution in [0.2, 0.25) is 0 Å². The molecule has 0 fully saturated rings. The molecule has 0 radical (unpaired) electrons. The molecule has 0 atom stereocenters. The Kier molecular flexibility index (Phi) is 3.86. The number of fused-ring (bicyclic) bond motifs is 1. The van der Waals surface area contributed by atoms with Gasteiger partial charge in [-0.1, -0.05) is 50.2 Å². The Balaban J connectivity index is 1.87. The highest BCUT2D eigenvalue weighted by molar-refractivity contribution is 7.15. The van der Waals surface area contributed by atoms with Gasteiger partial charge in [0.05, 0.1) is 0 Å². The van der Waals surface area contributed by atoms with Crippen LogP contribution in [0.15, 0.2) is 54.6 Å². The van der Waals surface area contributed by atoms with Crippen LogP contribution in [0.3, 0.4) is 0 Å². The van der Waals surface area contributed by atoms with Crippen molar-refractivity contribution in [2.45, 2.75) is 26.4 Å². The van der Waals surface area contributed by atoms with Gasteiger partial charge in [-0.2, -0.15) is 0 Å². The minimum Gasteiger partial charge on any atom is -0.310 e. The average molecular weight is 281 g/mol. The summed E-state index contributed by atoms with van der Waals surface area (Å²) in [6, 6.07) is 20.2. The molecule has 0 aliphatic carbocycles. The zero-order valence-corrected chi connectivity index (χ0v) is 12.7. The first-order chi connectivity index (χ1) is 9.72. The SMILES string of the molecule is CC(C)NCc1ccc(-c2ccc3ccccc3c2)s1. The molecule has 0 saturated carbocycles. The van der Waals surface area contributed by atoms with E-state index in [2.05, 4.69) is 73.8 Å². The Morgan fingerprint density at radius 2 is 1.75 bits per heavy atom. The van der Waals surface area contributed by atoms with Crippen molar-refractivity contribution >= 4 is 22.1 Å². The Labute approximate surface area is 124 Å². The van der Waals surface area contributed by atoms with E-state index in [9.17, 15) is 0 Å². The Hall–Kier alpha value is -1.64. The van der Waals surface area contributed by atoms with Gasteiger partial charge in [-0.3, -0.25) is 0 Å². The van der Waals surface area contributed by atoms with Gasteiger partial charge < -0.3 is 5.32 Å². The van der Waals surface area contributed by atoms with Crippen LogP contribution in [0.4, 0.5) is 0 Å². The molecule has 3 aromatic rings. The molecule has 1 nitrogen and oxygen atoms in total. The van der Waals surface area contributed by atoms with Crippen molar-refractivity contribution in [3.63, 3.8) is 0 Å². The van der Waals surface area contributed by atoms with Crippen molar-refractivity contribution in [2.24, 2.45) is 0 Å². The number of hydrogen-bond donors (Lipinski definition) is 1. The summed E-state index contributed by atoms with van der Waals surface area (Å²) in [7, 11) is 0. The average Bonchev–Trinajstić information content (AvgIpc) is 2.93. The van der Waals surface area contributed by atoms with E-state index in [4.69, 9.17) is 0 Å². The molecule has 0 unspecified atom stereocenters. The molecule has 1 heterocycles. The van der Waals surface area contributed by atoms with E-state index in [1.54, 1.807) is 0 Å². The fourth-order valence-corrected chi connectivity index (χ4v) is 3.23. The summed E-state index contributed by atoms with van der Waals surface area (Å²) < 4.78 is 0. The van der Waals surface area contributed by atoms with Crippen LogP contribution in [0.25, 0.3) is 21.2 Å². The van der Waals surface area contributed by atoms with Crippen molar-refractivity contribution < 1.29 is 0 Å². The van der Waals surface area contributed by atoms with Crippen molar-refractivity contribution in [1.29, 1.82) is 0 Å². The van der Waals surface area contributed by atoms with Crippen LogP contribution >= 0.6 is 11.3 Å². The molecule has 2 aromatic carbocycles. The molecule has 0 aliphatic heterocycles. The zero-order valence-electron chi connectivity index (χ0n) is 11.9. The number of benzene rings is 2. The van der Waals surface area contributed by atoms with Gasteiger partial charge in [-0.15, -0.1) is 11.3 Å². The second-order valence-electron chi connectivity index (χ2n) is 5.36. The molecule has 20 heavy (non-hydrogen) atoms. The van der Waals surface area contributed by atoms with Gasteiger partial charge in [0.1, 0.15) is 0 Å². The normalized spacial score (nSPS) is 11.3. The molecule has 0 amide bonds. The molecular weight excluding hydrogens is 262 g/mol. The molecule has 0 spiro atoms. The van der Waals surface area contributed by atoms with Crippen molar-refractivity contribution in [3.8, 4) is 10.4 Å². The van der Waals surface area contributed by atoms with E-state index in [-0.39, 0.29) is 0 Å². The highest BCUT2D eigenvalue weighted by Crippen LogP contribution is 2.30. The van der Waals surface area contributed by atoms with Gasteiger partial charge in [-0.05, 0) is 34.5 Å². The maximum absolute atomic E-state index is 3.47. The zero-order chi connectivity index (χ0) is 13.9. The number of thiophene rings is 1. The molecule has 2 heteroatoms. The second-order valence-corrected chi connectivity index (χ2v) is 6.53. The van der Waals surface area contributed by atoms with Crippen molar-refractivity contribution in [2.75, 3.05) is 0 Å². The maximum atomic E-state index is 3.47. The van der Waals surface area contributed by atoms with E-state index < -0.39 is 0 Å². The predicted octanol–water partition coefficient (Wildman–Crippen LogP) is 5.07. The van der Waals surface area contributed by atoms with Gasteiger partial charge in [0.25, 0.3) is 0 Å². The first-order valence-electron chi connectivity index (χ1n) is 7.03. The largest absolute Gasteiger partial charge is 0.310 e. The summed E-state index contributed by atoms with van der Waals surface area (Å²) in [6.45, 7) is 5.31. The summed E-state index contributed by atoms with van der Waals surface area (Å²) in [6.07, 6.45) is 0. The third-order valence-electron chi connectivity index (χ3n) is 3.38. The number of nitrogens with one attached hydrogen (secondary N) is 1. The lowest BCUT2D eigenvalue weighted by Gasteiger charge is -2.05. The Bertz CT molecular complexity index is 712. The van der Waals surface area contributed by atoms with E-state index in [1.807, 2.05) is 11.3 Å². The molecule has 0 aliphatic rings. The summed E-state index contributed by atoms with van der Waals surface area (Å²) in [5, 5.41) is 6.07. The quantitative estimate of drug-likeness (QED) is 0.704. The van der Waals surface area contributed by atoms with E-state index in [0.29, 0.717) is 6.04 Å². The molecule has 1 aromatic heterocycles. The van der Waals surface area contributed by atoms with Crippen molar-refractivity contribution in [1.82, 2.24) is 5.32 Å². The molecule has 3 rings (SSSR count). The van der Waals surface area contributed by atoms with E-state index in [1.165, 1.54) is 26.1 Å². The summed E-state index contributed by atoms with van der Waals surface area (Å²) in [5.41, 5.74) is 1.31. The molecule has 1 N–H and O–H groups in total. The maximum Gasteiger partial charge on any atom is 0.0346 e. The smallest absolute Gasteiger partial charge is 0.0346 e. The van der Waals surface area contributed by atoms with Gasteiger partial charge in [-0.25, -0.2) is 0 Å². The first-order valence-corrected chi connectivity index (χ1v) is 7.85. The minimum atomic E-state index is 0.529. The van der Waals surface area contributed by atoms with Crippen LogP contribution in [0.1, 0.15) is 18.7 Å². The lowest BCUT2D eigenvalue weighted by atomic mass is 10.1. The number of rotatable bonds is 4. The monoisotopic (exact) mass is 281 g/mol. The van der Waals surface area contributed by atoms with E-state index in [0.717, 1.165) is 6.54 Å². The third kappa shape index (κ3) is 2.92. The fraction of sp³-hybridized carbons (Fsp3) is 0.222. The highest BCUT2D eigenvalue weighted by atomic mass is 32.1. The Morgan fingerprint density at radius 1 is 0.950 bits per heavy atom. The summed E-state index contributed by atoms with van der Waals surface area (Å²) in [4.78, 5) is 2.73. The molecular formula is C18H19NS. The summed E-state index contributed by atoms with van der Waals surface area (Å²) >= 11 is 1.87. The van der Waals surface area contributed by atoms with Crippen LogP contribution in [0.5, 0.6) is 0 Å². The molecule has 0 saturated heterocycles. The second kappa shape index (κ2) is 5.78. The third-order valence-corrected chi connectivity index (χ3v) is 4.51. The first kappa shape index (κ1) is 13.3. The highest BCUT2D eigenvalue weighted by Gasteiger charge is 2.04. The lowest BCUT2D eigenvalue weighted by Crippen LogP contribution is -2.21. The summed E-state index contributed by atoms with van der Waals surface area (Å²) in [5.74, 6) is 0. The number of hydrogen-bond acceptors (Lipinski definition) is 2. The van der Waals surface area contributed by atoms with Crippen LogP contribution in [0, 0.1) is 0 Å². The van der Waals surface area contributed by atoms with Gasteiger partial charge in [0, 0.05) is 22.3 Å². The predicted molar refractivity (Wildman–Crippen MR) is 89.2 cm³/mol. The van der Waals surface area contributed by atoms with Gasteiger partial charge in [0.2, 0.25) is 0 Å².